The van der Waals surface area contributed by atoms with E-state index < -0.39 is 47.1 Å². The third-order valence-corrected chi connectivity index (χ3v) is 5.53. The molecule has 1 rings (SSSR count). The van der Waals surface area contributed by atoms with E-state index in [1.165, 1.54) is 12.0 Å². The number of benzene rings is 1. The van der Waals surface area contributed by atoms with E-state index in [9.17, 15) is 19.2 Å². The van der Waals surface area contributed by atoms with Gasteiger partial charge in [0.05, 0.1) is 7.11 Å². The summed E-state index contributed by atoms with van der Waals surface area (Å²) in [6, 6.07) is 3.68. The lowest BCUT2D eigenvalue weighted by Crippen LogP contribution is -2.59. The second kappa shape index (κ2) is 12.9. The van der Waals surface area contributed by atoms with Gasteiger partial charge in [-0.05, 0) is 78.9 Å². The largest absolute Gasteiger partial charge is 0.468 e. The quantitative estimate of drug-likeness (QED) is 0.473. The molecule has 1 aromatic carbocycles. The van der Waals surface area contributed by atoms with Gasteiger partial charge in [0.25, 0.3) is 0 Å². The Morgan fingerprint density at radius 1 is 1.00 bits per heavy atom. The first-order chi connectivity index (χ1) is 16.9. The van der Waals surface area contributed by atoms with Gasteiger partial charge in [0.15, 0.2) is 0 Å². The fourth-order valence-corrected chi connectivity index (χ4v) is 3.94. The van der Waals surface area contributed by atoms with Crippen LogP contribution in [0.3, 0.4) is 0 Å². The molecule has 37 heavy (non-hydrogen) atoms. The summed E-state index contributed by atoms with van der Waals surface area (Å²) in [5.41, 5.74) is 0.787. The molecule has 0 aliphatic rings. The predicted molar refractivity (Wildman–Crippen MR) is 143 cm³/mol. The van der Waals surface area contributed by atoms with Crippen molar-refractivity contribution in [1.29, 1.82) is 0 Å². The van der Waals surface area contributed by atoms with E-state index in [-0.39, 0.29) is 12.5 Å². The van der Waals surface area contributed by atoms with Crippen LogP contribution in [0.15, 0.2) is 18.2 Å². The molecule has 2 unspecified atom stereocenters. The zero-order chi connectivity index (χ0) is 28.7. The number of carbonyl (C=O) groups excluding carboxylic acids is 4. The van der Waals surface area contributed by atoms with Gasteiger partial charge in [-0.25, -0.2) is 4.79 Å². The molecule has 0 aliphatic carbocycles. The van der Waals surface area contributed by atoms with E-state index >= 15 is 0 Å². The number of carbonyl (C=O) groups is 4. The Labute approximate surface area is 221 Å². The lowest BCUT2D eigenvalue weighted by Gasteiger charge is -2.43. The number of nitrogens with zero attached hydrogens (tertiary/aromatic N) is 1. The van der Waals surface area contributed by atoms with Crippen LogP contribution < -0.4 is 10.6 Å². The molecule has 0 aliphatic heterocycles. The van der Waals surface area contributed by atoms with E-state index in [1.54, 1.807) is 20.8 Å². The molecule has 0 saturated carbocycles. The summed E-state index contributed by atoms with van der Waals surface area (Å²) in [5, 5.41) is 5.35. The van der Waals surface area contributed by atoms with Gasteiger partial charge in [-0.3, -0.25) is 14.4 Å². The van der Waals surface area contributed by atoms with Crippen LogP contribution >= 0.6 is 0 Å². The van der Waals surface area contributed by atoms with Crippen molar-refractivity contribution in [3.05, 3.63) is 34.9 Å². The van der Waals surface area contributed by atoms with Crippen LogP contribution in [0.2, 0.25) is 0 Å². The van der Waals surface area contributed by atoms with Crippen molar-refractivity contribution < 1.29 is 28.7 Å². The zero-order valence-electron chi connectivity index (χ0n) is 24.3. The van der Waals surface area contributed by atoms with E-state index in [2.05, 4.69) is 15.4 Å². The number of nitrogens with one attached hydrogen (secondary N) is 2. The van der Waals surface area contributed by atoms with Crippen LogP contribution in [0, 0.1) is 19.8 Å². The lowest BCUT2D eigenvalue weighted by atomic mass is 9.91. The van der Waals surface area contributed by atoms with Crippen molar-refractivity contribution in [2.75, 3.05) is 13.7 Å². The van der Waals surface area contributed by atoms with Crippen LogP contribution in [0.5, 0.6) is 0 Å². The number of aryl methyl sites for hydroxylation is 2. The summed E-state index contributed by atoms with van der Waals surface area (Å²) in [7, 11) is 1.24. The highest BCUT2D eigenvalue weighted by atomic mass is 16.6. The lowest BCUT2D eigenvalue weighted by molar-refractivity contribution is -0.149. The summed E-state index contributed by atoms with van der Waals surface area (Å²) in [6.07, 6.45) is -0.368. The molecule has 0 heterocycles. The fourth-order valence-electron chi connectivity index (χ4n) is 3.94. The first-order valence-electron chi connectivity index (χ1n) is 12.6. The topological polar surface area (TPSA) is 114 Å². The molecule has 9 heteroatoms. The Kier molecular flexibility index (Phi) is 11.2. The fraction of sp³-hybridized carbons (Fsp3) is 0.643. The molecule has 0 spiro atoms. The summed E-state index contributed by atoms with van der Waals surface area (Å²) in [6.45, 7) is 18.1. The highest BCUT2D eigenvalue weighted by molar-refractivity contribution is 5.94. The van der Waals surface area contributed by atoms with Gasteiger partial charge in [0.2, 0.25) is 11.8 Å². The maximum Gasteiger partial charge on any atom is 0.408 e. The first kappa shape index (κ1) is 31.9. The summed E-state index contributed by atoms with van der Waals surface area (Å²) < 4.78 is 10.1. The van der Waals surface area contributed by atoms with Crippen molar-refractivity contribution in [3.8, 4) is 0 Å². The van der Waals surface area contributed by atoms with Crippen molar-refractivity contribution in [2.45, 2.75) is 98.9 Å². The second-order valence-electron chi connectivity index (χ2n) is 11.8. The van der Waals surface area contributed by atoms with Gasteiger partial charge in [0.1, 0.15) is 24.2 Å². The molecule has 2 N–H and O–H groups in total. The standard InChI is InChI=1S/C28H45N3O6/c1-17(2)14-21(30-26(35)37-28(8,9)10)25(34)31(27(5,6)7)23(24(33)29-16-22(32)36-11)20-15-18(3)12-13-19(20)4/h12-13,15,17,21,23H,14,16H2,1-11H3,(H,29,33)(H,30,35). The van der Waals surface area contributed by atoms with E-state index in [0.29, 0.717) is 12.0 Å². The SMILES string of the molecule is COC(=O)CNC(=O)C(c1cc(C)ccc1C)N(C(=O)C(CC(C)C)NC(=O)OC(C)(C)C)C(C)(C)C. The normalized spacial score (nSPS) is 13.4. The molecule has 0 fully saturated rings. The highest BCUT2D eigenvalue weighted by Gasteiger charge is 2.42. The van der Waals surface area contributed by atoms with Gasteiger partial charge < -0.3 is 25.0 Å². The van der Waals surface area contributed by atoms with Crippen LogP contribution in [0.25, 0.3) is 0 Å². The molecule has 9 nitrogen and oxygen atoms in total. The Morgan fingerprint density at radius 2 is 1.59 bits per heavy atom. The molecule has 0 bridgehead atoms. The number of esters is 1. The maximum atomic E-state index is 14.2. The minimum absolute atomic E-state index is 0.0676. The Balaban J connectivity index is 3.64. The third kappa shape index (κ3) is 10.1. The number of amides is 3. The molecular formula is C28H45N3O6. The van der Waals surface area contributed by atoms with Crippen LogP contribution in [0.4, 0.5) is 4.79 Å². The first-order valence-corrected chi connectivity index (χ1v) is 12.6. The zero-order valence-corrected chi connectivity index (χ0v) is 24.3. The average molecular weight is 520 g/mol. The number of hydrogen-bond donors (Lipinski definition) is 2. The molecule has 2 atom stereocenters. The van der Waals surface area contributed by atoms with Crippen molar-refractivity contribution >= 4 is 23.9 Å². The number of rotatable bonds is 9. The second-order valence-corrected chi connectivity index (χ2v) is 11.8. The molecule has 1 aromatic rings. The molecule has 3 amide bonds. The average Bonchev–Trinajstić information content (AvgIpc) is 2.73. The number of methoxy groups -OCH3 is 1. The predicted octanol–water partition coefficient (Wildman–Crippen LogP) is 4.20. The number of hydrogen-bond acceptors (Lipinski definition) is 6. The van der Waals surface area contributed by atoms with Gasteiger partial charge in [-0.1, -0.05) is 37.6 Å². The molecular weight excluding hydrogens is 474 g/mol. The third-order valence-electron chi connectivity index (χ3n) is 5.53. The molecule has 0 aromatic heterocycles. The van der Waals surface area contributed by atoms with Crippen molar-refractivity contribution in [1.82, 2.24) is 15.5 Å². The number of alkyl carbamates (subject to hydrolysis) is 1. The van der Waals surface area contributed by atoms with Gasteiger partial charge in [-0.15, -0.1) is 0 Å². The van der Waals surface area contributed by atoms with Crippen molar-refractivity contribution in [2.24, 2.45) is 5.92 Å². The monoisotopic (exact) mass is 519 g/mol. The highest BCUT2D eigenvalue weighted by Crippen LogP contribution is 2.33. The summed E-state index contributed by atoms with van der Waals surface area (Å²) >= 11 is 0. The van der Waals surface area contributed by atoms with Crippen LogP contribution in [0.1, 0.15) is 84.5 Å². The molecule has 0 saturated heterocycles. The van der Waals surface area contributed by atoms with Crippen LogP contribution in [-0.4, -0.2) is 59.6 Å². The van der Waals surface area contributed by atoms with Gasteiger partial charge in [-0.2, -0.15) is 0 Å². The molecule has 0 radical (unpaired) electrons. The van der Waals surface area contributed by atoms with E-state index in [4.69, 9.17) is 4.74 Å². The Bertz CT molecular complexity index is 975. The number of ether oxygens (including phenoxy) is 2. The van der Waals surface area contributed by atoms with Gasteiger partial charge in [0, 0.05) is 5.54 Å². The minimum Gasteiger partial charge on any atom is -0.468 e. The summed E-state index contributed by atoms with van der Waals surface area (Å²) in [5.74, 6) is -1.49. The van der Waals surface area contributed by atoms with Crippen molar-refractivity contribution in [3.63, 3.8) is 0 Å². The Hall–Kier alpha value is -3.10. The van der Waals surface area contributed by atoms with Crippen LogP contribution in [-0.2, 0) is 23.9 Å². The van der Waals surface area contributed by atoms with E-state index in [0.717, 1.165) is 11.1 Å². The molecule has 208 valence electrons. The van der Waals surface area contributed by atoms with E-state index in [1.807, 2.05) is 66.7 Å². The summed E-state index contributed by atoms with van der Waals surface area (Å²) in [4.78, 5) is 53.8. The smallest absolute Gasteiger partial charge is 0.408 e. The maximum absolute atomic E-state index is 14.2. The Morgan fingerprint density at radius 3 is 2.08 bits per heavy atom. The van der Waals surface area contributed by atoms with Gasteiger partial charge >= 0.3 is 12.1 Å². The minimum atomic E-state index is -1.06.